The van der Waals surface area contributed by atoms with Crippen molar-refractivity contribution in [3.63, 3.8) is 0 Å². The predicted molar refractivity (Wildman–Crippen MR) is 121 cm³/mol. The average Bonchev–Trinajstić information content (AvgIpc) is 3.23. The van der Waals surface area contributed by atoms with Crippen LogP contribution in [0.15, 0.2) is 40.6 Å². The van der Waals surface area contributed by atoms with Crippen LogP contribution in [0.3, 0.4) is 0 Å². The number of nitrogens with zero attached hydrogens (tertiary/aromatic N) is 1. The number of thiazole rings is 1. The Morgan fingerprint density at radius 3 is 2.48 bits per heavy atom. The zero-order valence-corrected chi connectivity index (χ0v) is 19.4. The number of rotatable bonds is 7. The summed E-state index contributed by atoms with van der Waals surface area (Å²) in [5, 5.41) is 4.91. The second-order valence-corrected chi connectivity index (χ2v) is 9.40. The Morgan fingerprint density at radius 2 is 1.84 bits per heavy atom. The van der Waals surface area contributed by atoms with Gasteiger partial charge < -0.3 is 9.47 Å². The lowest BCUT2D eigenvalue weighted by Crippen LogP contribution is -2.21. The predicted octanol–water partition coefficient (Wildman–Crippen LogP) is 3.60. The Bertz CT molecular complexity index is 1240. The second kappa shape index (κ2) is 9.04. The SMILES string of the molecule is CNS(=O)(=O)c1cc(C(=O)Nc2nc(-c3cc(OC)ccc3OC)cs2)cc(C)c1C. The molecule has 3 aromatic rings. The number of benzene rings is 2. The molecule has 0 saturated carbocycles. The van der Waals surface area contributed by atoms with Crippen LogP contribution in [0.4, 0.5) is 5.13 Å². The number of hydrogen-bond donors (Lipinski definition) is 2. The number of aromatic nitrogens is 1. The average molecular weight is 462 g/mol. The summed E-state index contributed by atoms with van der Waals surface area (Å²) in [5.41, 5.74) is 2.87. The molecule has 0 unspecified atom stereocenters. The van der Waals surface area contributed by atoms with Crippen molar-refractivity contribution in [1.82, 2.24) is 9.71 Å². The van der Waals surface area contributed by atoms with Crippen LogP contribution in [0.25, 0.3) is 11.3 Å². The third-order valence-electron chi connectivity index (χ3n) is 4.85. The highest BCUT2D eigenvalue weighted by Gasteiger charge is 2.20. The highest BCUT2D eigenvalue weighted by atomic mass is 32.2. The van der Waals surface area contributed by atoms with Crippen LogP contribution in [-0.2, 0) is 10.0 Å². The van der Waals surface area contributed by atoms with Crippen molar-refractivity contribution < 1.29 is 22.7 Å². The molecule has 2 N–H and O–H groups in total. The van der Waals surface area contributed by atoms with E-state index in [0.717, 1.165) is 5.56 Å². The number of carbonyl (C=O) groups excluding carboxylic acids is 1. The molecule has 1 amide bonds. The number of ether oxygens (including phenoxy) is 2. The van der Waals surface area contributed by atoms with Gasteiger partial charge in [-0.2, -0.15) is 0 Å². The van der Waals surface area contributed by atoms with Gasteiger partial charge in [-0.1, -0.05) is 0 Å². The zero-order valence-electron chi connectivity index (χ0n) is 17.8. The second-order valence-electron chi connectivity index (χ2n) is 6.68. The van der Waals surface area contributed by atoms with E-state index in [1.807, 2.05) is 0 Å². The molecule has 10 heteroatoms. The number of nitrogens with one attached hydrogen (secondary N) is 2. The van der Waals surface area contributed by atoms with E-state index in [1.165, 1.54) is 24.5 Å². The summed E-state index contributed by atoms with van der Waals surface area (Å²) in [5.74, 6) is 0.831. The number of anilines is 1. The van der Waals surface area contributed by atoms with Crippen molar-refractivity contribution in [2.45, 2.75) is 18.7 Å². The van der Waals surface area contributed by atoms with E-state index in [0.29, 0.717) is 33.5 Å². The molecular formula is C21H23N3O5S2. The zero-order chi connectivity index (χ0) is 22.8. The summed E-state index contributed by atoms with van der Waals surface area (Å²) in [6.07, 6.45) is 0. The lowest BCUT2D eigenvalue weighted by Gasteiger charge is -2.12. The molecule has 0 fully saturated rings. The normalized spacial score (nSPS) is 11.3. The van der Waals surface area contributed by atoms with Crippen LogP contribution in [0.5, 0.6) is 11.5 Å². The van der Waals surface area contributed by atoms with Crippen LogP contribution < -0.4 is 19.5 Å². The molecule has 0 radical (unpaired) electrons. The fourth-order valence-corrected chi connectivity index (χ4v) is 4.76. The summed E-state index contributed by atoms with van der Waals surface area (Å²) < 4.78 is 37.6. The maximum absolute atomic E-state index is 12.8. The highest BCUT2D eigenvalue weighted by molar-refractivity contribution is 7.89. The van der Waals surface area contributed by atoms with Gasteiger partial charge in [0, 0.05) is 16.5 Å². The highest BCUT2D eigenvalue weighted by Crippen LogP contribution is 2.35. The fourth-order valence-electron chi connectivity index (χ4n) is 2.99. The van der Waals surface area contributed by atoms with Crippen molar-refractivity contribution in [3.8, 4) is 22.8 Å². The molecular weight excluding hydrogens is 438 g/mol. The first kappa shape index (κ1) is 22.7. The molecule has 8 nitrogen and oxygen atoms in total. The number of sulfonamides is 1. The maximum Gasteiger partial charge on any atom is 0.257 e. The molecule has 0 saturated heterocycles. The molecule has 164 valence electrons. The Balaban J connectivity index is 1.91. The summed E-state index contributed by atoms with van der Waals surface area (Å²) in [7, 11) is 0.779. The van der Waals surface area contributed by atoms with Crippen molar-refractivity contribution in [2.75, 3.05) is 26.6 Å². The lowest BCUT2D eigenvalue weighted by molar-refractivity contribution is 0.102. The van der Waals surface area contributed by atoms with Gasteiger partial charge in [-0.15, -0.1) is 11.3 Å². The van der Waals surface area contributed by atoms with Crippen LogP contribution in [-0.4, -0.2) is 40.6 Å². The molecule has 0 atom stereocenters. The first-order chi connectivity index (χ1) is 14.7. The minimum Gasteiger partial charge on any atom is -0.497 e. The van der Waals surface area contributed by atoms with Crippen LogP contribution in [0.2, 0.25) is 0 Å². The number of hydrogen-bond acceptors (Lipinski definition) is 7. The van der Waals surface area contributed by atoms with Crippen LogP contribution in [0.1, 0.15) is 21.5 Å². The topological polar surface area (TPSA) is 107 Å². The Hall–Kier alpha value is -2.95. The molecule has 0 spiro atoms. The maximum atomic E-state index is 12.8. The van der Waals surface area contributed by atoms with E-state index in [2.05, 4.69) is 15.0 Å². The molecule has 0 bridgehead atoms. The van der Waals surface area contributed by atoms with Gasteiger partial charge in [0.05, 0.1) is 24.8 Å². The van der Waals surface area contributed by atoms with Gasteiger partial charge in [-0.3, -0.25) is 10.1 Å². The molecule has 0 aliphatic carbocycles. The Morgan fingerprint density at radius 1 is 1.10 bits per heavy atom. The van der Waals surface area contributed by atoms with E-state index in [1.54, 1.807) is 57.7 Å². The minimum absolute atomic E-state index is 0.0705. The molecule has 2 aromatic carbocycles. The number of aryl methyl sites for hydroxylation is 1. The van der Waals surface area contributed by atoms with Gasteiger partial charge in [0.2, 0.25) is 10.0 Å². The smallest absolute Gasteiger partial charge is 0.257 e. The van der Waals surface area contributed by atoms with Crippen molar-refractivity contribution >= 4 is 32.4 Å². The van der Waals surface area contributed by atoms with E-state index in [-0.39, 0.29) is 10.5 Å². The molecule has 0 aliphatic heterocycles. The number of methoxy groups -OCH3 is 2. The summed E-state index contributed by atoms with van der Waals surface area (Å²) >= 11 is 1.25. The quantitative estimate of drug-likeness (QED) is 0.557. The van der Waals surface area contributed by atoms with Crippen LogP contribution >= 0.6 is 11.3 Å². The number of amides is 1. The Kier molecular flexibility index (Phi) is 6.63. The van der Waals surface area contributed by atoms with Crippen molar-refractivity contribution in [1.29, 1.82) is 0 Å². The molecule has 31 heavy (non-hydrogen) atoms. The van der Waals surface area contributed by atoms with Gasteiger partial charge >= 0.3 is 0 Å². The molecule has 1 heterocycles. The van der Waals surface area contributed by atoms with Crippen LogP contribution in [0, 0.1) is 13.8 Å². The summed E-state index contributed by atoms with van der Waals surface area (Å²) in [4.78, 5) is 17.4. The van der Waals surface area contributed by atoms with Crippen molar-refractivity contribution in [3.05, 3.63) is 52.4 Å². The molecule has 3 rings (SSSR count). The van der Waals surface area contributed by atoms with Gasteiger partial charge in [0.15, 0.2) is 5.13 Å². The largest absolute Gasteiger partial charge is 0.497 e. The van der Waals surface area contributed by atoms with E-state index >= 15 is 0 Å². The van der Waals surface area contributed by atoms with E-state index in [9.17, 15) is 13.2 Å². The summed E-state index contributed by atoms with van der Waals surface area (Å²) in [6.45, 7) is 3.47. The number of carbonyl (C=O) groups is 1. The summed E-state index contributed by atoms with van der Waals surface area (Å²) in [6, 6.07) is 8.39. The third kappa shape index (κ3) is 4.71. The van der Waals surface area contributed by atoms with Crippen molar-refractivity contribution in [2.24, 2.45) is 0 Å². The van der Waals surface area contributed by atoms with E-state index in [4.69, 9.17) is 9.47 Å². The minimum atomic E-state index is -3.70. The van der Waals surface area contributed by atoms with E-state index < -0.39 is 15.9 Å². The monoisotopic (exact) mass is 461 g/mol. The third-order valence-corrected chi connectivity index (χ3v) is 7.15. The Labute approximate surface area is 185 Å². The molecule has 1 aromatic heterocycles. The lowest BCUT2D eigenvalue weighted by atomic mass is 10.1. The first-order valence-corrected chi connectivity index (χ1v) is 11.6. The first-order valence-electron chi connectivity index (χ1n) is 9.24. The van der Waals surface area contributed by atoms with Gasteiger partial charge in [-0.05, 0) is 62.4 Å². The standard InChI is InChI=1S/C21H23N3O5S2/c1-12-8-14(9-19(13(12)2)31(26,27)22-3)20(25)24-21-23-17(11-30-21)16-10-15(28-4)6-7-18(16)29-5/h6-11,22H,1-5H3,(H,23,24,25). The van der Waals surface area contributed by atoms with Gasteiger partial charge in [0.1, 0.15) is 11.5 Å². The van der Waals surface area contributed by atoms with Gasteiger partial charge in [-0.25, -0.2) is 18.1 Å². The van der Waals surface area contributed by atoms with Gasteiger partial charge in [0.25, 0.3) is 5.91 Å². The fraction of sp³-hybridized carbons (Fsp3) is 0.238. The molecule has 0 aliphatic rings.